The van der Waals surface area contributed by atoms with Gasteiger partial charge in [-0.3, -0.25) is 9.89 Å². The molecule has 4 aromatic rings. The number of halogens is 2. The number of rotatable bonds is 5. The van der Waals surface area contributed by atoms with Crippen molar-refractivity contribution in [1.29, 1.82) is 0 Å². The van der Waals surface area contributed by atoms with Crippen molar-refractivity contribution in [1.82, 2.24) is 15.6 Å². The second-order valence-electron chi connectivity index (χ2n) is 6.37. The van der Waals surface area contributed by atoms with Crippen LogP contribution >= 0.6 is 23.2 Å². The van der Waals surface area contributed by atoms with Gasteiger partial charge in [-0.1, -0.05) is 65.7 Å². The molecule has 8 heteroatoms. The second kappa shape index (κ2) is 8.57. The molecule has 0 unspecified atom stereocenters. The SMILES string of the molecule is COc1ccc2ccccc2c1-c1cc(C(=O)N/N=C/c2cccc(Cl)c2Cl)[nH]n1. The first kappa shape index (κ1) is 19.9. The number of hydrazone groups is 1. The van der Waals surface area contributed by atoms with Crippen molar-refractivity contribution in [2.45, 2.75) is 0 Å². The van der Waals surface area contributed by atoms with Crippen LogP contribution in [0.4, 0.5) is 0 Å². The zero-order chi connectivity index (χ0) is 21.1. The van der Waals surface area contributed by atoms with Gasteiger partial charge in [-0.15, -0.1) is 0 Å². The average Bonchev–Trinajstić information content (AvgIpc) is 3.25. The third kappa shape index (κ3) is 3.87. The molecule has 1 heterocycles. The minimum atomic E-state index is -0.442. The van der Waals surface area contributed by atoms with Crippen LogP contribution < -0.4 is 10.2 Å². The van der Waals surface area contributed by atoms with Gasteiger partial charge in [0.25, 0.3) is 5.91 Å². The number of nitrogens with one attached hydrogen (secondary N) is 2. The highest BCUT2D eigenvalue weighted by atomic mass is 35.5. The van der Waals surface area contributed by atoms with Crippen LogP contribution in [0.1, 0.15) is 16.1 Å². The number of hydrogen-bond donors (Lipinski definition) is 2. The first-order chi connectivity index (χ1) is 14.6. The molecule has 150 valence electrons. The molecule has 0 saturated carbocycles. The summed E-state index contributed by atoms with van der Waals surface area (Å²) >= 11 is 12.1. The maximum atomic E-state index is 12.5. The molecular formula is C22H16Cl2N4O2. The van der Waals surface area contributed by atoms with E-state index in [-0.39, 0.29) is 5.69 Å². The van der Waals surface area contributed by atoms with Crippen LogP contribution in [0, 0.1) is 0 Å². The largest absolute Gasteiger partial charge is 0.496 e. The summed E-state index contributed by atoms with van der Waals surface area (Å²) in [5.74, 6) is 0.225. The lowest BCUT2D eigenvalue weighted by atomic mass is 10.0. The Morgan fingerprint density at radius 1 is 1.13 bits per heavy atom. The molecule has 1 amide bonds. The lowest BCUT2D eigenvalue weighted by Crippen LogP contribution is -2.18. The summed E-state index contributed by atoms with van der Waals surface area (Å²) in [5.41, 5.74) is 4.70. The van der Waals surface area contributed by atoms with Gasteiger partial charge in [-0.05, 0) is 29.0 Å². The normalized spacial score (nSPS) is 11.2. The number of benzene rings is 3. The fraction of sp³-hybridized carbons (Fsp3) is 0.0455. The quantitative estimate of drug-likeness (QED) is 0.327. The number of hydrogen-bond acceptors (Lipinski definition) is 4. The zero-order valence-electron chi connectivity index (χ0n) is 15.8. The molecule has 0 aliphatic heterocycles. The van der Waals surface area contributed by atoms with E-state index in [2.05, 4.69) is 20.7 Å². The van der Waals surface area contributed by atoms with Crippen molar-refractivity contribution in [3.63, 3.8) is 0 Å². The van der Waals surface area contributed by atoms with E-state index in [1.807, 2.05) is 36.4 Å². The summed E-state index contributed by atoms with van der Waals surface area (Å²) in [7, 11) is 1.60. The van der Waals surface area contributed by atoms with Crippen molar-refractivity contribution in [3.8, 4) is 17.0 Å². The molecule has 30 heavy (non-hydrogen) atoms. The monoisotopic (exact) mass is 438 g/mol. The number of aromatic amines is 1. The third-order valence-electron chi connectivity index (χ3n) is 4.54. The minimum Gasteiger partial charge on any atom is -0.496 e. The van der Waals surface area contributed by atoms with Crippen LogP contribution in [0.5, 0.6) is 5.75 Å². The Kier molecular flexibility index (Phi) is 5.70. The van der Waals surface area contributed by atoms with E-state index in [4.69, 9.17) is 27.9 Å². The Bertz CT molecular complexity index is 1270. The summed E-state index contributed by atoms with van der Waals surface area (Å²) in [6.07, 6.45) is 1.43. The van der Waals surface area contributed by atoms with Crippen LogP contribution in [-0.2, 0) is 0 Å². The van der Waals surface area contributed by atoms with Crippen molar-refractivity contribution in [2.75, 3.05) is 7.11 Å². The van der Waals surface area contributed by atoms with Crippen LogP contribution in [0.2, 0.25) is 10.0 Å². The number of carbonyl (C=O) groups excluding carboxylic acids is 1. The molecule has 6 nitrogen and oxygen atoms in total. The molecule has 0 fully saturated rings. The lowest BCUT2D eigenvalue weighted by molar-refractivity contribution is 0.0950. The molecule has 3 aromatic carbocycles. The number of methoxy groups -OCH3 is 1. The molecular weight excluding hydrogens is 423 g/mol. The Hall–Kier alpha value is -3.35. The first-order valence-electron chi connectivity index (χ1n) is 8.97. The molecule has 0 saturated heterocycles. The molecule has 1 aromatic heterocycles. The first-order valence-corrected chi connectivity index (χ1v) is 9.73. The molecule has 4 rings (SSSR count). The maximum absolute atomic E-state index is 12.5. The molecule has 0 bridgehead atoms. The van der Waals surface area contributed by atoms with Crippen LogP contribution in [0.3, 0.4) is 0 Å². The predicted octanol–water partition coefficient (Wildman–Crippen LogP) is 5.31. The van der Waals surface area contributed by atoms with Crippen LogP contribution in [0.25, 0.3) is 22.0 Å². The van der Waals surface area contributed by atoms with Gasteiger partial charge in [0.2, 0.25) is 0 Å². The maximum Gasteiger partial charge on any atom is 0.289 e. The van der Waals surface area contributed by atoms with Gasteiger partial charge in [0.1, 0.15) is 11.4 Å². The van der Waals surface area contributed by atoms with E-state index in [9.17, 15) is 4.79 Å². The smallest absolute Gasteiger partial charge is 0.289 e. The highest BCUT2D eigenvalue weighted by Crippen LogP contribution is 2.36. The Morgan fingerprint density at radius 2 is 1.97 bits per heavy atom. The van der Waals surface area contributed by atoms with Crippen LogP contribution in [0.15, 0.2) is 65.8 Å². The number of ether oxygens (including phenoxy) is 1. The molecule has 0 radical (unpaired) electrons. The minimum absolute atomic E-state index is 0.259. The van der Waals surface area contributed by atoms with Crippen molar-refractivity contribution >= 4 is 46.1 Å². The van der Waals surface area contributed by atoms with Crippen molar-refractivity contribution in [3.05, 3.63) is 82.0 Å². The van der Waals surface area contributed by atoms with Gasteiger partial charge >= 0.3 is 0 Å². The van der Waals surface area contributed by atoms with Gasteiger partial charge in [0.15, 0.2) is 0 Å². The van der Waals surface area contributed by atoms with Gasteiger partial charge < -0.3 is 4.74 Å². The van der Waals surface area contributed by atoms with Gasteiger partial charge in [-0.25, -0.2) is 5.43 Å². The molecule has 0 aliphatic rings. The Balaban J connectivity index is 1.59. The Morgan fingerprint density at radius 3 is 2.80 bits per heavy atom. The fourth-order valence-electron chi connectivity index (χ4n) is 3.09. The number of aromatic nitrogens is 2. The fourth-order valence-corrected chi connectivity index (χ4v) is 3.45. The average molecular weight is 439 g/mol. The van der Waals surface area contributed by atoms with Crippen molar-refractivity contribution < 1.29 is 9.53 Å². The molecule has 0 aliphatic carbocycles. The third-order valence-corrected chi connectivity index (χ3v) is 5.37. The number of nitrogens with zero attached hydrogens (tertiary/aromatic N) is 2. The van der Waals surface area contributed by atoms with E-state index >= 15 is 0 Å². The van der Waals surface area contributed by atoms with E-state index < -0.39 is 5.91 Å². The Labute approximate surface area is 182 Å². The summed E-state index contributed by atoms with van der Waals surface area (Å²) < 4.78 is 5.51. The highest BCUT2D eigenvalue weighted by molar-refractivity contribution is 6.43. The number of amides is 1. The number of fused-ring (bicyclic) bond motifs is 1. The zero-order valence-corrected chi connectivity index (χ0v) is 17.3. The molecule has 0 atom stereocenters. The summed E-state index contributed by atoms with van der Waals surface area (Å²) in [6.45, 7) is 0. The number of H-pyrrole nitrogens is 1. The summed E-state index contributed by atoms with van der Waals surface area (Å²) in [6, 6.07) is 18.6. The summed E-state index contributed by atoms with van der Waals surface area (Å²) in [5, 5.41) is 13.8. The van der Waals surface area contributed by atoms with Gasteiger partial charge in [-0.2, -0.15) is 10.2 Å². The molecule has 0 spiro atoms. The predicted molar refractivity (Wildman–Crippen MR) is 120 cm³/mol. The molecule has 2 N–H and O–H groups in total. The van der Waals surface area contributed by atoms with Gasteiger partial charge in [0.05, 0.1) is 34.6 Å². The van der Waals surface area contributed by atoms with Crippen molar-refractivity contribution in [2.24, 2.45) is 5.10 Å². The van der Waals surface area contributed by atoms with E-state index in [0.29, 0.717) is 27.1 Å². The number of carbonyl (C=O) groups is 1. The standard InChI is InChI=1S/C22H16Cl2N4O2/c1-30-19-10-9-13-5-2-3-7-15(13)20(19)17-11-18(27-26-17)22(29)28-25-12-14-6-4-8-16(23)21(14)24/h2-12H,1H3,(H,26,27)(H,28,29)/b25-12+. The van der Waals surface area contributed by atoms with Gasteiger partial charge in [0, 0.05) is 5.56 Å². The van der Waals surface area contributed by atoms with E-state index in [0.717, 1.165) is 16.3 Å². The second-order valence-corrected chi connectivity index (χ2v) is 7.16. The van der Waals surface area contributed by atoms with E-state index in [1.165, 1.54) is 6.21 Å². The lowest BCUT2D eigenvalue weighted by Gasteiger charge is -2.09. The van der Waals surface area contributed by atoms with E-state index in [1.54, 1.807) is 31.4 Å². The summed E-state index contributed by atoms with van der Waals surface area (Å²) in [4.78, 5) is 12.5. The topological polar surface area (TPSA) is 79.4 Å². The highest BCUT2D eigenvalue weighted by Gasteiger charge is 2.16. The van der Waals surface area contributed by atoms with Crippen LogP contribution in [-0.4, -0.2) is 29.4 Å².